The Bertz CT molecular complexity index is 1540. The van der Waals surface area contributed by atoms with Crippen LogP contribution in [-0.2, 0) is 28.2 Å². The van der Waals surface area contributed by atoms with Gasteiger partial charge in [0, 0.05) is 24.6 Å². The van der Waals surface area contributed by atoms with Crippen LogP contribution in [0.15, 0.2) is 71.9 Å². The minimum Gasteiger partial charge on any atom is -0.462 e. The predicted octanol–water partition coefficient (Wildman–Crippen LogP) is 6.21. The normalized spacial score (nSPS) is 14.3. The van der Waals surface area contributed by atoms with Gasteiger partial charge in [0.1, 0.15) is 5.15 Å². The Morgan fingerprint density at radius 2 is 1.74 bits per heavy atom. The molecule has 220 valence electrons. The zero-order valence-electron chi connectivity index (χ0n) is 24.1. The number of carbonyl (C=O) groups excluding carboxylic acids is 2. The summed E-state index contributed by atoms with van der Waals surface area (Å²) in [5, 5.41) is 6.78. The van der Waals surface area contributed by atoms with E-state index in [-0.39, 0.29) is 17.8 Å². The highest BCUT2D eigenvalue weighted by Gasteiger charge is 2.24. The van der Waals surface area contributed by atoms with Gasteiger partial charge in [0.2, 0.25) is 5.91 Å². The van der Waals surface area contributed by atoms with Crippen LogP contribution in [0.1, 0.15) is 46.9 Å². The van der Waals surface area contributed by atoms with Gasteiger partial charge < -0.3 is 19.5 Å². The highest BCUT2D eigenvalue weighted by atomic mass is 35.5. The number of likely N-dealkylation sites (tertiary alicyclic amines) is 1. The summed E-state index contributed by atoms with van der Waals surface area (Å²) in [6.45, 7) is 5.05. The van der Waals surface area contributed by atoms with Crippen molar-refractivity contribution in [3.8, 4) is 0 Å². The van der Waals surface area contributed by atoms with E-state index in [0.717, 1.165) is 47.9 Å². The summed E-state index contributed by atoms with van der Waals surface area (Å²) < 4.78 is 7.31. The van der Waals surface area contributed by atoms with Crippen LogP contribution in [0.5, 0.6) is 0 Å². The largest absolute Gasteiger partial charge is 0.462 e. The SMILES string of the molecule is CCOC(=O)c1ccccc1CSc1nc(CCNC(=O)C2CCN(C)CC2)c(Cl)n1Cc1cccc2ccccc12. The number of aromatic nitrogens is 2. The van der Waals surface area contributed by atoms with Crippen LogP contribution in [0.3, 0.4) is 0 Å². The van der Waals surface area contributed by atoms with Crippen LogP contribution in [0, 0.1) is 5.92 Å². The van der Waals surface area contributed by atoms with E-state index in [1.165, 1.54) is 22.5 Å². The minimum atomic E-state index is -0.327. The van der Waals surface area contributed by atoms with Gasteiger partial charge in [-0.2, -0.15) is 0 Å². The van der Waals surface area contributed by atoms with Crippen LogP contribution in [-0.4, -0.2) is 59.6 Å². The molecule has 0 aliphatic carbocycles. The zero-order valence-corrected chi connectivity index (χ0v) is 25.7. The lowest BCUT2D eigenvalue weighted by atomic mass is 9.96. The molecule has 0 atom stereocenters. The molecule has 4 aromatic rings. The molecule has 0 radical (unpaired) electrons. The quantitative estimate of drug-likeness (QED) is 0.162. The maximum absolute atomic E-state index is 12.8. The Balaban J connectivity index is 1.37. The van der Waals surface area contributed by atoms with E-state index in [4.69, 9.17) is 21.3 Å². The number of hydrogen-bond acceptors (Lipinski definition) is 6. The van der Waals surface area contributed by atoms with E-state index in [1.807, 2.05) is 34.9 Å². The lowest BCUT2D eigenvalue weighted by Gasteiger charge is -2.28. The van der Waals surface area contributed by atoms with Gasteiger partial charge in [0.05, 0.1) is 24.4 Å². The molecule has 1 aliphatic rings. The topological polar surface area (TPSA) is 76.5 Å². The van der Waals surface area contributed by atoms with Crippen molar-refractivity contribution in [1.29, 1.82) is 0 Å². The number of hydrogen-bond donors (Lipinski definition) is 1. The second-order valence-electron chi connectivity index (χ2n) is 10.6. The second kappa shape index (κ2) is 14.2. The van der Waals surface area contributed by atoms with Crippen molar-refractivity contribution in [3.05, 3.63) is 94.3 Å². The third-order valence-corrected chi connectivity index (χ3v) is 9.21. The molecule has 1 aromatic heterocycles. The maximum atomic E-state index is 12.8. The van der Waals surface area contributed by atoms with Gasteiger partial charge >= 0.3 is 5.97 Å². The number of carbonyl (C=O) groups is 2. The number of nitrogens with one attached hydrogen (secondary N) is 1. The Hall–Kier alpha value is -3.33. The molecule has 1 saturated heterocycles. The summed E-state index contributed by atoms with van der Waals surface area (Å²) in [5.41, 5.74) is 3.33. The van der Waals surface area contributed by atoms with Crippen molar-refractivity contribution in [2.75, 3.05) is 33.3 Å². The van der Waals surface area contributed by atoms with Crippen molar-refractivity contribution in [2.45, 2.75) is 43.6 Å². The Kier molecular flexibility index (Phi) is 10.2. The first kappa shape index (κ1) is 30.1. The molecule has 9 heteroatoms. The first-order valence-electron chi connectivity index (χ1n) is 14.5. The standard InChI is InChI=1S/C33H37ClN4O3S/c1-3-41-32(40)28-14-7-5-10-26(28)22-42-33-36-29(15-18-35-31(39)24-16-19-37(2)20-17-24)30(34)38(33)21-25-12-8-11-23-9-4-6-13-27(23)25/h4-14,24H,3,15-22H2,1-2H3,(H,35,39). The molecule has 1 N–H and O–H groups in total. The van der Waals surface area contributed by atoms with Crippen molar-refractivity contribution in [3.63, 3.8) is 0 Å². The lowest BCUT2D eigenvalue weighted by Crippen LogP contribution is -2.39. The number of nitrogens with zero attached hydrogens (tertiary/aromatic N) is 3. The molecule has 1 fully saturated rings. The molecule has 0 spiro atoms. The van der Waals surface area contributed by atoms with E-state index in [2.05, 4.69) is 47.6 Å². The second-order valence-corrected chi connectivity index (χ2v) is 11.9. The molecule has 0 bridgehead atoms. The summed E-state index contributed by atoms with van der Waals surface area (Å²) >= 11 is 8.55. The lowest BCUT2D eigenvalue weighted by molar-refractivity contribution is -0.126. The Morgan fingerprint density at radius 3 is 2.55 bits per heavy atom. The fourth-order valence-electron chi connectivity index (χ4n) is 5.38. The van der Waals surface area contributed by atoms with Crippen molar-refractivity contribution < 1.29 is 14.3 Å². The van der Waals surface area contributed by atoms with E-state index < -0.39 is 0 Å². The minimum absolute atomic E-state index is 0.0613. The van der Waals surface area contributed by atoms with Crippen LogP contribution in [0.25, 0.3) is 10.8 Å². The Labute approximate surface area is 256 Å². The third-order valence-electron chi connectivity index (χ3n) is 7.76. The van der Waals surface area contributed by atoms with Gasteiger partial charge in [-0.05, 0) is 67.9 Å². The number of rotatable bonds is 11. The number of thioether (sulfide) groups is 1. The molecule has 3 aromatic carbocycles. The number of piperidine rings is 1. The average molecular weight is 605 g/mol. The van der Waals surface area contributed by atoms with Gasteiger partial charge in [-0.1, -0.05) is 84.0 Å². The van der Waals surface area contributed by atoms with Crippen molar-refractivity contribution in [2.24, 2.45) is 5.92 Å². The third kappa shape index (κ3) is 7.17. The number of halogens is 1. The Morgan fingerprint density at radius 1 is 1.02 bits per heavy atom. The molecule has 1 amide bonds. The number of ether oxygens (including phenoxy) is 1. The smallest absolute Gasteiger partial charge is 0.338 e. The summed E-state index contributed by atoms with van der Waals surface area (Å²) in [7, 11) is 2.09. The van der Waals surface area contributed by atoms with Gasteiger partial charge in [-0.3, -0.25) is 4.79 Å². The van der Waals surface area contributed by atoms with Gasteiger partial charge in [-0.15, -0.1) is 0 Å². The molecule has 2 heterocycles. The van der Waals surface area contributed by atoms with Gasteiger partial charge in [-0.25, -0.2) is 9.78 Å². The molecular weight excluding hydrogens is 568 g/mol. The summed E-state index contributed by atoms with van der Waals surface area (Å²) in [6, 6.07) is 22.1. The number of imidazole rings is 1. The fourth-order valence-corrected chi connectivity index (χ4v) is 6.73. The number of fused-ring (bicyclic) bond motifs is 1. The van der Waals surface area contributed by atoms with Gasteiger partial charge in [0.15, 0.2) is 5.16 Å². The summed E-state index contributed by atoms with van der Waals surface area (Å²) in [4.78, 5) is 32.6. The van der Waals surface area contributed by atoms with E-state index in [1.54, 1.807) is 13.0 Å². The highest BCUT2D eigenvalue weighted by Crippen LogP contribution is 2.31. The maximum Gasteiger partial charge on any atom is 0.338 e. The van der Waals surface area contributed by atoms with Crippen LogP contribution in [0.2, 0.25) is 5.15 Å². The molecule has 5 rings (SSSR count). The van der Waals surface area contributed by atoms with Crippen LogP contribution < -0.4 is 5.32 Å². The zero-order chi connectivity index (χ0) is 29.5. The van der Waals surface area contributed by atoms with Crippen LogP contribution >= 0.6 is 23.4 Å². The van der Waals surface area contributed by atoms with E-state index in [9.17, 15) is 9.59 Å². The average Bonchev–Trinajstić information content (AvgIpc) is 3.30. The van der Waals surface area contributed by atoms with E-state index >= 15 is 0 Å². The van der Waals surface area contributed by atoms with Crippen LogP contribution in [0.4, 0.5) is 0 Å². The monoisotopic (exact) mass is 604 g/mol. The van der Waals surface area contributed by atoms with E-state index in [0.29, 0.717) is 42.6 Å². The predicted molar refractivity (Wildman–Crippen MR) is 169 cm³/mol. The van der Waals surface area contributed by atoms with Gasteiger partial charge in [0.25, 0.3) is 0 Å². The first-order valence-corrected chi connectivity index (χ1v) is 15.9. The molecular formula is C33H37ClN4O3S. The number of benzene rings is 3. The molecule has 0 saturated carbocycles. The van der Waals surface area contributed by atoms with Crippen molar-refractivity contribution >= 4 is 46.0 Å². The van der Waals surface area contributed by atoms with Crippen molar-refractivity contribution in [1.82, 2.24) is 19.8 Å². The summed E-state index contributed by atoms with van der Waals surface area (Å²) in [6.07, 6.45) is 2.31. The summed E-state index contributed by atoms with van der Waals surface area (Å²) in [5.74, 6) is 0.377. The fraction of sp³-hybridized carbons (Fsp3) is 0.364. The molecule has 0 unspecified atom stereocenters. The molecule has 42 heavy (non-hydrogen) atoms. The number of esters is 1. The highest BCUT2D eigenvalue weighted by molar-refractivity contribution is 7.98. The number of amides is 1. The molecule has 1 aliphatic heterocycles. The molecule has 7 nitrogen and oxygen atoms in total. The first-order chi connectivity index (χ1) is 20.4.